The van der Waals surface area contributed by atoms with Gasteiger partial charge in [0.25, 0.3) is 0 Å². The molecule has 1 saturated heterocycles. The summed E-state index contributed by atoms with van der Waals surface area (Å²) in [6.45, 7) is 7.93. The van der Waals surface area contributed by atoms with Crippen molar-refractivity contribution < 1.29 is 4.79 Å². The Labute approximate surface area is 143 Å². The van der Waals surface area contributed by atoms with E-state index in [1.807, 2.05) is 23.1 Å². The normalized spacial score (nSPS) is 14.6. The number of carbonyl (C=O) groups excluding carboxylic acids is 1. The second kappa shape index (κ2) is 7.34. The number of amides is 2. The van der Waals surface area contributed by atoms with Crippen LogP contribution in [0.1, 0.15) is 16.8 Å². The molecule has 0 saturated carbocycles. The van der Waals surface area contributed by atoms with E-state index >= 15 is 0 Å². The quantitative estimate of drug-likeness (QED) is 0.944. The van der Waals surface area contributed by atoms with Gasteiger partial charge in [-0.3, -0.25) is 4.98 Å². The Hall–Kier alpha value is -2.56. The van der Waals surface area contributed by atoms with Crippen molar-refractivity contribution in [2.45, 2.75) is 20.4 Å². The molecular weight excluding hydrogens is 300 g/mol. The molecule has 1 fully saturated rings. The van der Waals surface area contributed by atoms with Crippen LogP contribution in [-0.2, 0) is 6.54 Å². The van der Waals surface area contributed by atoms with Gasteiger partial charge in [-0.25, -0.2) is 4.79 Å². The highest BCUT2D eigenvalue weighted by atomic mass is 16.2. The second-order valence-electron chi connectivity index (χ2n) is 6.22. The molecule has 5 heteroatoms. The van der Waals surface area contributed by atoms with Crippen LogP contribution in [0.3, 0.4) is 0 Å². The average Bonchev–Trinajstić information content (AvgIpc) is 2.63. The molecule has 0 spiro atoms. The van der Waals surface area contributed by atoms with Crippen LogP contribution in [0.2, 0.25) is 0 Å². The van der Waals surface area contributed by atoms with Crippen LogP contribution < -0.4 is 10.2 Å². The number of hydrogen-bond donors (Lipinski definition) is 1. The zero-order valence-corrected chi connectivity index (χ0v) is 14.3. The molecule has 0 aliphatic carbocycles. The molecule has 2 aromatic rings. The van der Waals surface area contributed by atoms with E-state index in [1.165, 1.54) is 16.8 Å². The molecule has 126 valence electrons. The Balaban J connectivity index is 1.51. The van der Waals surface area contributed by atoms with E-state index in [0.29, 0.717) is 6.54 Å². The molecule has 5 nitrogen and oxygen atoms in total. The first-order valence-corrected chi connectivity index (χ1v) is 8.38. The van der Waals surface area contributed by atoms with Crippen LogP contribution in [0.15, 0.2) is 42.6 Å². The minimum atomic E-state index is -0.0135. The van der Waals surface area contributed by atoms with Gasteiger partial charge in [0.05, 0.1) is 12.2 Å². The van der Waals surface area contributed by atoms with E-state index in [9.17, 15) is 4.79 Å². The molecule has 2 amide bonds. The van der Waals surface area contributed by atoms with Crippen molar-refractivity contribution in [2.24, 2.45) is 0 Å². The van der Waals surface area contributed by atoms with Gasteiger partial charge in [0.15, 0.2) is 0 Å². The lowest BCUT2D eigenvalue weighted by Crippen LogP contribution is -2.51. The summed E-state index contributed by atoms with van der Waals surface area (Å²) in [7, 11) is 0. The van der Waals surface area contributed by atoms with Crippen molar-refractivity contribution in [3.8, 4) is 0 Å². The summed E-state index contributed by atoms with van der Waals surface area (Å²) in [5.74, 6) is 0. The Bertz CT molecular complexity index is 694. The topological polar surface area (TPSA) is 48.5 Å². The highest BCUT2D eigenvalue weighted by molar-refractivity contribution is 5.74. The van der Waals surface area contributed by atoms with Gasteiger partial charge in [0.2, 0.25) is 0 Å². The Morgan fingerprint density at radius 1 is 1.08 bits per heavy atom. The fourth-order valence-electron chi connectivity index (χ4n) is 2.87. The van der Waals surface area contributed by atoms with Gasteiger partial charge in [0.1, 0.15) is 0 Å². The minimum Gasteiger partial charge on any atom is -0.368 e. The van der Waals surface area contributed by atoms with Gasteiger partial charge < -0.3 is 15.1 Å². The van der Waals surface area contributed by atoms with E-state index in [1.54, 1.807) is 6.20 Å². The van der Waals surface area contributed by atoms with Crippen LogP contribution >= 0.6 is 0 Å². The van der Waals surface area contributed by atoms with Crippen molar-refractivity contribution in [2.75, 3.05) is 31.1 Å². The lowest BCUT2D eigenvalue weighted by atomic mass is 10.1. The summed E-state index contributed by atoms with van der Waals surface area (Å²) in [5, 5.41) is 2.95. The zero-order valence-electron chi connectivity index (χ0n) is 14.3. The van der Waals surface area contributed by atoms with Crippen LogP contribution in [-0.4, -0.2) is 42.1 Å². The predicted molar refractivity (Wildman–Crippen MR) is 96.2 cm³/mol. The molecule has 1 aliphatic heterocycles. The first-order valence-electron chi connectivity index (χ1n) is 8.38. The summed E-state index contributed by atoms with van der Waals surface area (Å²) in [6.07, 6.45) is 1.74. The minimum absolute atomic E-state index is 0.0135. The number of piperazine rings is 1. The first kappa shape index (κ1) is 16.3. The number of hydrogen-bond acceptors (Lipinski definition) is 3. The largest absolute Gasteiger partial charge is 0.368 e. The van der Waals surface area contributed by atoms with E-state index in [2.05, 4.69) is 47.2 Å². The molecule has 0 bridgehead atoms. The smallest absolute Gasteiger partial charge is 0.317 e. The monoisotopic (exact) mass is 324 g/mol. The van der Waals surface area contributed by atoms with E-state index in [0.717, 1.165) is 31.9 Å². The lowest BCUT2D eigenvalue weighted by Gasteiger charge is -2.36. The van der Waals surface area contributed by atoms with Crippen molar-refractivity contribution in [3.63, 3.8) is 0 Å². The number of carbonyl (C=O) groups is 1. The fourth-order valence-corrected chi connectivity index (χ4v) is 2.87. The summed E-state index contributed by atoms with van der Waals surface area (Å²) >= 11 is 0. The maximum atomic E-state index is 12.3. The fraction of sp³-hybridized carbons (Fsp3) is 0.368. The SMILES string of the molecule is Cc1ccc(N2CCN(C(=O)NCc3ccccn3)CC2)cc1C. The molecule has 1 aliphatic rings. The third kappa shape index (κ3) is 3.85. The van der Waals surface area contributed by atoms with Crippen LogP contribution in [0.4, 0.5) is 10.5 Å². The lowest BCUT2D eigenvalue weighted by molar-refractivity contribution is 0.194. The van der Waals surface area contributed by atoms with Gasteiger partial charge in [-0.15, -0.1) is 0 Å². The molecule has 3 rings (SSSR count). The van der Waals surface area contributed by atoms with Gasteiger partial charge >= 0.3 is 6.03 Å². The van der Waals surface area contributed by atoms with E-state index in [-0.39, 0.29) is 6.03 Å². The molecule has 2 heterocycles. The van der Waals surface area contributed by atoms with Gasteiger partial charge in [-0.05, 0) is 49.2 Å². The average molecular weight is 324 g/mol. The summed E-state index contributed by atoms with van der Waals surface area (Å²) < 4.78 is 0. The first-order chi connectivity index (χ1) is 11.6. The summed E-state index contributed by atoms with van der Waals surface area (Å²) in [4.78, 5) is 20.7. The Morgan fingerprint density at radius 3 is 2.54 bits per heavy atom. The molecule has 0 unspecified atom stereocenters. The number of nitrogens with zero attached hydrogens (tertiary/aromatic N) is 3. The second-order valence-corrected chi connectivity index (χ2v) is 6.22. The maximum absolute atomic E-state index is 12.3. The third-order valence-corrected chi connectivity index (χ3v) is 4.57. The number of aromatic nitrogens is 1. The zero-order chi connectivity index (χ0) is 16.9. The van der Waals surface area contributed by atoms with Crippen LogP contribution in [0.25, 0.3) is 0 Å². The Morgan fingerprint density at radius 2 is 1.88 bits per heavy atom. The van der Waals surface area contributed by atoms with Gasteiger partial charge in [-0.1, -0.05) is 12.1 Å². The number of urea groups is 1. The van der Waals surface area contributed by atoms with Gasteiger partial charge in [-0.2, -0.15) is 0 Å². The standard InChI is InChI=1S/C19H24N4O/c1-15-6-7-18(13-16(15)2)22-9-11-23(12-10-22)19(24)21-14-17-5-3-4-8-20-17/h3-8,13H,9-12,14H2,1-2H3,(H,21,24). The summed E-state index contributed by atoms with van der Waals surface area (Å²) in [6, 6.07) is 12.3. The maximum Gasteiger partial charge on any atom is 0.317 e. The number of benzene rings is 1. The molecule has 0 radical (unpaired) electrons. The number of anilines is 1. The summed E-state index contributed by atoms with van der Waals surface area (Å²) in [5.41, 5.74) is 4.74. The van der Waals surface area contributed by atoms with Gasteiger partial charge in [0, 0.05) is 38.1 Å². The molecule has 1 aromatic carbocycles. The molecule has 1 N–H and O–H groups in total. The predicted octanol–water partition coefficient (Wildman–Crippen LogP) is 2.73. The highest BCUT2D eigenvalue weighted by Crippen LogP contribution is 2.20. The highest BCUT2D eigenvalue weighted by Gasteiger charge is 2.21. The third-order valence-electron chi connectivity index (χ3n) is 4.57. The van der Waals surface area contributed by atoms with Crippen molar-refractivity contribution in [1.29, 1.82) is 0 Å². The van der Waals surface area contributed by atoms with Crippen molar-refractivity contribution in [1.82, 2.24) is 15.2 Å². The van der Waals surface area contributed by atoms with E-state index in [4.69, 9.17) is 0 Å². The number of nitrogens with one attached hydrogen (secondary N) is 1. The number of aryl methyl sites for hydroxylation is 2. The molecule has 24 heavy (non-hydrogen) atoms. The van der Waals surface area contributed by atoms with E-state index < -0.39 is 0 Å². The number of pyridine rings is 1. The molecule has 0 atom stereocenters. The Kier molecular flexibility index (Phi) is 4.99. The van der Waals surface area contributed by atoms with Crippen molar-refractivity contribution >= 4 is 11.7 Å². The van der Waals surface area contributed by atoms with Crippen LogP contribution in [0, 0.1) is 13.8 Å². The van der Waals surface area contributed by atoms with Crippen LogP contribution in [0.5, 0.6) is 0 Å². The van der Waals surface area contributed by atoms with Crippen molar-refractivity contribution in [3.05, 3.63) is 59.4 Å². The molecule has 1 aromatic heterocycles. The molecular formula is C19H24N4O. The number of rotatable bonds is 3.